The molecule has 0 aliphatic carbocycles. The first-order valence-electron chi connectivity index (χ1n) is 10.6. The van der Waals surface area contributed by atoms with Crippen LogP contribution in [0.5, 0.6) is 0 Å². The van der Waals surface area contributed by atoms with Gasteiger partial charge in [0.25, 0.3) is 0 Å². The third kappa shape index (κ3) is 4.71. The number of fused-ring (bicyclic) bond motifs is 1. The Kier molecular flexibility index (Phi) is 6.38. The molecule has 0 spiro atoms. The first-order valence-corrected chi connectivity index (χ1v) is 10.9. The van der Waals surface area contributed by atoms with Crippen LogP contribution in [0.15, 0.2) is 71.7 Å². The number of pyridine rings is 2. The number of hydrogen-bond acceptors (Lipinski definition) is 4. The number of ketones is 1. The normalized spacial score (nSPS) is 10.9. The van der Waals surface area contributed by atoms with Gasteiger partial charge in [-0.15, -0.1) is 0 Å². The van der Waals surface area contributed by atoms with Gasteiger partial charge in [-0.25, -0.2) is 4.98 Å². The van der Waals surface area contributed by atoms with Gasteiger partial charge in [0.05, 0.1) is 10.9 Å². The zero-order chi connectivity index (χ0) is 23.5. The molecule has 0 unspecified atom stereocenters. The van der Waals surface area contributed by atoms with Crippen LogP contribution in [0.4, 0.5) is 5.69 Å². The van der Waals surface area contributed by atoms with Crippen molar-refractivity contribution in [2.24, 2.45) is 0 Å². The van der Waals surface area contributed by atoms with E-state index in [0.717, 1.165) is 17.7 Å². The van der Waals surface area contributed by atoms with Crippen molar-refractivity contribution in [3.05, 3.63) is 104 Å². The van der Waals surface area contributed by atoms with Crippen molar-refractivity contribution in [1.82, 2.24) is 9.55 Å². The number of hydrogen-bond donors (Lipinski definition) is 1. The van der Waals surface area contributed by atoms with Crippen LogP contribution in [0.3, 0.4) is 0 Å². The van der Waals surface area contributed by atoms with Gasteiger partial charge in [-0.05, 0) is 49.2 Å². The maximum Gasteiger partial charge on any atom is 0.244 e. The van der Waals surface area contributed by atoms with Crippen LogP contribution in [0, 0.1) is 6.92 Å². The number of rotatable bonds is 6. The van der Waals surface area contributed by atoms with E-state index in [2.05, 4.69) is 10.3 Å². The monoisotopic (exact) mass is 459 g/mol. The van der Waals surface area contributed by atoms with Gasteiger partial charge in [0.2, 0.25) is 11.3 Å². The Morgan fingerprint density at radius 2 is 1.85 bits per heavy atom. The smallest absolute Gasteiger partial charge is 0.244 e. The van der Waals surface area contributed by atoms with E-state index in [1.165, 1.54) is 12.3 Å². The summed E-state index contributed by atoms with van der Waals surface area (Å²) in [7, 11) is 0. The van der Waals surface area contributed by atoms with Crippen molar-refractivity contribution in [2.45, 2.75) is 26.8 Å². The van der Waals surface area contributed by atoms with Gasteiger partial charge < -0.3 is 9.88 Å². The molecule has 2 aromatic carbocycles. The summed E-state index contributed by atoms with van der Waals surface area (Å²) in [6, 6.07) is 17.3. The number of benzene rings is 2. The number of para-hydroxylation sites is 1. The average molecular weight is 460 g/mol. The van der Waals surface area contributed by atoms with Crippen LogP contribution < -0.4 is 10.7 Å². The number of carbonyl (C=O) groups is 2. The van der Waals surface area contributed by atoms with E-state index in [-0.39, 0.29) is 23.4 Å². The highest BCUT2D eigenvalue weighted by molar-refractivity contribution is 6.31. The van der Waals surface area contributed by atoms with Crippen molar-refractivity contribution in [1.29, 1.82) is 0 Å². The molecule has 7 heteroatoms. The van der Waals surface area contributed by atoms with Crippen LogP contribution in [0.1, 0.15) is 34.1 Å². The summed E-state index contributed by atoms with van der Waals surface area (Å²) >= 11 is 6.03. The number of anilines is 1. The Balaban J connectivity index is 1.77. The Bertz CT molecular complexity index is 1440. The average Bonchev–Trinajstić information content (AvgIpc) is 2.80. The van der Waals surface area contributed by atoms with Crippen molar-refractivity contribution < 1.29 is 9.59 Å². The molecular formula is C26H22ClN3O3. The van der Waals surface area contributed by atoms with Gasteiger partial charge in [-0.2, -0.15) is 0 Å². The molecule has 0 bridgehead atoms. The number of halogens is 1. The van der Waals surface area contributed by atoms with E-state index in [9.17, 15) is 14.4 Å². The van der Waals surface area contributed by atoms with Crippen molar-refractivity contribution in [3.63, 3.8) is 0 Å². The zero-order valence-electron chi connectivity index (χ0n) is 18.3. The highest BCUT2D eigenvalue weighted by Gasteiger charge is 2.19. The Labute approximate surface area is 195 Å². The summed E-state index contributed by atoms with van der Waals surface area (Å²) in [5, 5.41) is 3.59. The molecule has 4 aromatic rings. The standard InChI is InChI=1S/C26H22ClN3O3/c1-3-17-7-4-5-10-22(17)29-23(31)15-30-14-21(24(32)18-8-6-9-19(27)13-18)25(33)20-12-11-16(2)28-26(20)30/h4-14H,3,15H2,1-2H3,(H,29,31). The van der Waals surface area contributed by atoms with Crippen LogP contribution >= 0.6 is 11.6 Å². The molecule has 33 heavy (non-hydrogen) atoms. The molecule has 166 valence electrons. The first kappa shape index (κ1) is 22.4. The summed E-state index contributed by atoms with van der Waals surface area (Å²) in [5.41, 5.74) is 2.61. The maximum absolute atomic E-state index is 13.1. The van der Waals surface area contributed by atoms with Crippen LogP contribution in [-0.4, -0.2) is 21.2 Å². The van der Waals surface area contributed by atoms with Crippen LogP contribution in [-0.2, 0) is 17.8 Å². The molecular weight excluding hydrogens is 438 g/mol. The molecule has 0 aliphatic rings. The molecule has 0 saturated heterocycles. The molecule has 0 fully saturated rings. The number of nitrogens with one attached hydrogen (secondary N) is 1. The Hall–Kier alpha value is -3.77. The summed E-state index contributed by atoms with van der Waals surface area (Å²) in [6.45, 7) is 3.71. The van der Waals surface area contributed by atoms with E-state index in [0.29, 0.717) is 21.9 Å². The van der Waals surface area contributed by atoms with E-state index in [1.54, 1.807) is 41.8 Å². The quantitative estimate of drug-likeness (QED) is 0.420. The number of aromatic nitrogens is 2. The molecule has 4 rings (SSSR count). The Morgan fingerprint density at radius 1 is 1.06 bits per heavy atom. The number of carbonyl (C=O) groups excluding carboxylic acids is 2. The first-order chi connectivity index (χ1) is 15.9. The largest absolute Gasteiger partial charge is 0.324 e. The van der Waals surface area contributed by atoms with Gasteiger partial charge in [0, 0.05) is 28.2 Å². The van der Waals surface area contributed by atoms with E-state index in [1.807, 2.05) is 31.2 Å². The van der Waals surface area contributed by atoms with E-state index < -0.39 is 11.2 Å². The third-order valence-electron chi connectivity index (χ3n) is 5.38. The zero-order valence-corrected chi connectivity index (χ0v) is 19.0. The highest BCUT2D eigenvalue weighted by atomic mass is 35.5. The van der Waals surface area contributed by atoms with Gasteiger partial charge in [-0.3, -0.25) is 14.4 Å². The lowest BCUT2D eigenvalue weighted by Gasteiger charge is -2.14. The molecule has 2 aromatic heterocycles. The fourth-order valence-electron chi connectivity index (χ4n) is 3.72. The second kappa shape index (κ2) is 9.38. The molecule has 0 atom stereocenters. The van der Waals surface area contributed by atoms with Gasteiger partial charge in [-0.1, -0.05) is 48.9 Å². The minimum Gasteiger partial charge on any atom is -0.324 e. The summed E-state index contributed by atoms with van der Waals surface area (Å²) in [5.74, 6) is -0.749. The lowest BCUT2D eigenvalue weighted by Crippen LogP contribution is -2.25. The lowest BCUT2D eigenvalue weighted by atomic mass is 10.0. The molecule has 0 aliphatic heterocycles. The Morgan fingerprint density at radius 3 is 2.61 bits per heavy atom. The second-order valence-corrected chi connectivity index (χ2v) is 8.16. The van der Waals surface area contributed by atoms with Gasteiger partial charge in [0.1, 0.15) is 12.2 Å². The molecule has 0 radical (unpaired) electrons. The van der Waals surface area contributed by atoms with Crippen molar-refractivity contribution >= 4 is 40.0 Å². The van der Waals surface area contributed by atoms with Gasteiger partial charge in [0.15, 0.2) is 5.78 Å². The fraction of sp³-hybridized carbons (Fsp3) is 0.154. The van der Waals surface area contributed by atoms with Crippen molar-refractivity contribution in [3.8, 4) is 0 Å². The van der Waals surface area contributed by atoms with E-state index in [4.69, 9.17) is 11.6 Å². The van der Waals surface area contributed by atoms with E-state index >= 15 is 0 Å². The topological polar surface area (TPSA) is 81.1 Å². The summed E-state index contributed by atoms with van der Waals surface area (Å²) < 4.78 is 1.55. The fourth-order valence-corrected chi connectivity index (χ4v) is 3.91. The van der Waals surface area contributed by atoms with Crippen LogP contribution in [0.25, 0.3) is 11.0 Å². The van der Waals surface area contributed by atoms with Gasteiger partial charge >= 0.3 is 0 Å². The summed E-state index contributed by atoms with van der Waals surface area (Å²) in [4.78, 5) is 43.7. The minimum atomic E-state index is -0.463. The molecule has 6 nitrogen and oxygen atoms in total. The van der Waals surface area contributed by atoms with Crippen LogP contribution in [0.2, 0.25) is 5.02 Å². The maximum atomic E-state index is 13.1. The lowest BCUT2D eigenvalue weighted by molar-refractivity contribution is -0.116. The molecule has 2 heterocycles. The molecule has 1 amide bonds. The summed E-state index contributed by atoms with van der Waals surface area (Å²) in [6.07, 6.45) is 2.18. The second-order valence-electron chi connectivity index (χ2n) is 7.72. The highest BCUT2D eigenvalue weighted by Crippen LogP contribution is 2.18. The molecule has 1 N–H and O–H groups in total. The predicted octanol–water partition coefficient (Wildman–Crippen LogP) is 4.79. The SMILES string of the molecule is CCc1ccccc1NC(=O)Cn1cc(C(=O)c2cccc(Cl)c2)c(=O)c2ccc(C)nc21. The minimum absolute atomic E-state index is 0.0443. The predicted molar refractivity (Wildman–Crippen MR) is 130 cm³/mol. The van der Waals surface area contributed by atoms with Crippen molar-refractivity contribution in [2.75, 3.05) is 5.32 Å². The molecule has 0 saturated carbocycles. The number of amides is 1. The third-order valence-corrected chi connectivity index (χ3v) is 5.61. The number of nitrogens with zero attached hydrogens (tertiary/aromatic N) is 2. The number of aryl methyl sites for hydroxylation is 2.